The van der Waals surface area contributed by atoms with E-state index in [-0.39, 0.29) is 11.9 Å². The third-order valence-electron chi connectivity index (χ3n) is 3.12. The summed E-state index contributed by atoms with van der Waals surface area (Å²) in [7, 11) is 0. The molecule has 6 heteroatoms. The molecule has 2 heterocycles. The Balaban J connectivity index is 1.87. The predicted molar refractivity (Wildman–Crippen MR) is 68.1 cm³/mol. The molecule has 0 aliphatic carbocycles. The number of carbonyl (C=O) groups excluding carboxylic acids is 1. The second kappa shape index (κ2) is 5.95. The van der Waals surface area contributed by atoms with Gasteiger partial charge in [0.15, 0.2) is 5.82 Å². The fraction of sp³-hybridized carbons (Fsp3) is 0.750. The van der Waals surface area contributed by atoms with Crippen molar-refractivity contribution >= 4 is 5.91 Å². The van der Waals surface area contributed by atoms with Crippen LogP contribution in [-0.2, 0) is 17.8 Å². The van der Waals surface area contributed by atoms with Crippen molar-refractivity contribution in [2.75, 3.05) is 13.1 Å². The average molecular weight is 251 g/mol. The van der Waals surface area contributed by atoms with E-state index in [1.807, 2.05) is 6.92 Å². The van der Waals surface area contributed by atoms with Crippen molar-refractivity contribution in [1.82, 2.24) is 25.4 Å². The lowest BCUT2D eigenvalue weighted by Crippen LogP contribution is -2.36. The Hall–Kier alpha value is -1.43. The molecule has 0 aromatic carbocycles. The monoisotopic (exact) mass is 251 g/mol. The number of hydrogen-bond donors (Lipinski definition) is 2. The summed E-state index contributed by atoms with van der Waals surface area (Å²) in [4.78, 5) is 11.7. The van der Waals surface area contributed by atoms with E-state index in [4.69, 9.17) is 0 Å². The Morgan fingerprint density at radius 2 is 2.33 bits per heavy atom. The smallest absolute Gasteiger partial charge is 0.234 e. The third kappa shape index (κ3) is 2.87. The zero-order valence-electron chi connectivity index (χ0n) is 11.1. The topological polar surface area (TPSA) is 71.8 Å². The molecule has 0 saturated carbocycles. The summed E-state index contributed by atoms with van der Waals surface area (Å²) >= 11 is 0. The van der Waals surface area contributed by atoms with Gasteiger partial charge in [-0.2, -0.15) is 0 Å². The molecule has 1 aliphatic heterocycles. The second-order valence-corrected chi connectivity index (χ2v) is 4.70. The molecule has 1 unspecified atom stereocenters. The summed E-state index contributed by atoms with van der Waals surface area (Å²) in [5.41, 5.74) is 0. The van der Waals surface area contributed by atoms with Crippen molar-refractivity contribution in [1.29, 1.82) is 0 Å². The third-order valence-corrected chi connectivity index (χ3v) is 3.12. The van der Waals surface area contributed by atoms with Gasteiger partial charge in [-0.25, -0.2) is 0 Å². The predicted octanol–water partition coefficient (Wildman–Crippen LogP) is 0.401. The molecule has 2 N–H and O–H groups in total. The van der Waals surface area contributed by atoms with Gasteiger partial charge in [-0.3, -0.25) is 4.79 Å². The van der Waals surface area contributed by atoms with Crippen LogP contribution >= 0.6 is 0 Å². The fourth-order valence-electron chi connectivity index (χ4n) is 2.23. The Bertz CT molecular complexity index is 415. The molecule has 0 spiro atoms. The van der Waals surface area contributed by atoms with E-state index < -0.39 is 0 Å². The maximum Gasteiger partial charge on any atom is 0.234 e. The molecular formula is C12H21N5O. The molecule has 1 aliphatic rings. The highest BCUT2D eigenvalue weighted by molar-refractivity contribution is 5.78. The highest BCUT2D eigenvalue weighted by Gasteiger charge is 2.21. The van der Waals surface area contributed by atoms with E-state index in [0.29, 0.717) is 6.54 Å². The van der Waals surface area contributed by atoms with Gasteiger partial charge in [-0.1, -0.05) is 6.92 Å². The quantitative estimate of drug-likeness (QED) is 0.718. The number of aryl methyl sites for hydroxylation is 1. The number of aromatic nitrogens is 3. The van der Waals surface area contributed by atoms with Crippen LogP contribution in [-0.4, -0.2) is 33.8 Å². The van der Waals surface area contributed by atoms with Crippen LogP contribution in [0, 0.1) is 0 Å². The first kappa shape index (κ1) is 13.0. The van der Waals surface area contributed by atoms with Crippen molar-refractivity contribution in [2.24, 2.45) is 0 Å². The summed E-state index contributed by atoms with van der Waals surface area (Å²) in [5, 5.41) is 14.3. The highest BCUT2D eigenvalue weighted by Crippen LogP contribution is 2.18. The number of fused-ring (bicyclic) bond motifs is 1. The lowest BCUT2D eigenvalue weighted by Gasteiger charge is -2.14. The summed E-state index contributed by atoms with van der Waals surface area (Å²) < 4.78 is 2.12. The van der Waals surface area contributed by atoms with E-state index in [9.17, 15) is 4.79 Å². The standard InChI is InChI=1S/C12H21N5O/c1-3-6-13-8-11(18)14-9(2)12-16-15-10-5-4-7-17(10)12/h9,13H,3-8H2,1-2H3,(H,14,18). The van der Waals surface area contributed by atoms with E-state index in [1.54, 1.807) is 0 Å². The molecule has 0 bridgehead atoms. The van der Waals surface area contributed by atoms with Crippen LogP contribution in [0.15, 0.2) is 0 Å². The van der Waals surface area contributed by atoms with Gasteiger partial charge in [-0.15, -0.1) is 10.2 Å². The highest BCUT2D eigenvalue weighted by atomic mass is 16.2. The molecule has 0 radical (unpaired) electrons. The molecule has 6 nitrogen and oxygen atoms in total. The second-order valence-electron chi connectivity index (χ2n) is 4.70. The molecule has 0 fully saturated rings. The first-order valence-electron chi connectivity index (χ1n) is 6.64. The van der Waals surface area contributed by atoms with Gasteiger partial charge < -0.3 is 15.2 Å². The lowest BCUT2D eigenvalue weighted by molar-refractivity contribution is -0.120. The molecule has 1 aromatic rings. The zero-order valence-corrected chi connectivity index (χ0v) is 11.1. The number of nitrogens with one attached hydrogen (secondary N) is 2. The van der Waals surface area contributed by atoms with E-state index >= 15 is 0 Å². The Morgan fingerprint density at radius 3 is 3.11 bits per heavy atom. The van der Waals surface area contributed by atoms with Gasteiger partial charge in [0, 0.05) is 13.0 Å². The Morgan fingerprint density at radius 1 is 1.50 bits per heavy atom. The maximum atomic E-state index is 11.7. The minimum absolute atomic E-state index is 0.00583. The molecule has 1 atom stereocenters. The lowest BCUT2D eigenvalue weighted by atomic mass is 10.3. The summed E-state index contributed by atoms with van der Waals surface area (Å²) in [6.45, 7) is 6.22. The molecule has 2 rings (SSSR count). The van der Waals surface area contributed by atoms with Crippen LogP contribution in [0.2, 0.25) is 0 Å². The van der Waals surface area contributed by atoms with E-state index in [1.165, 1.54) is 0 Å². The summed E-state index contributed by atoms with van der Waals surface area (Å²) in [5.74, 6) is 1.91. The molecular weight excluding hydrogens is 230 g/mol. The van der Waals surface area contributed by atoms with Crippen LogP contribution in [0.25, 0.3) is 0 Å². The van der Waals surface area contributed by atoms with Gasteiger partial charge in [0.1, 0.15) is 5.82 Å². The largest absolute Gasteiger partial charge is 0.345 e. The minimum Gasteiger partial charge on any atom is -0.345 e. The van der Waals surface area contributed by atoms with Crippen LogP contribution in [0.1, 0.15) is 44.4 Å². The van der Waals surface area contributed by atoms with Crippen LogP contribution in [0.4, 0.5) is 0 Å². The minimum atomic E-state index is -0.0831. The van der Waals surface area contributed by atoms with Crippen LogP contribution < -0.4 is 10.6 Å². The SMILES string of the molecule is CCCNCC(=O)NC(C)c1nnc2n1CCC2. The van der Waals surface area contributed by atoms with Gasteiger partial charge >= 0.3 is 0 Å². The summed E-state index contributed by atoms with van der Waals surface area (Å²) in [6, 6.07) is -0.0831. The molecule has 1 amide bonds. The Kier molecular flexibility index (Phi) is 4.30. The molecule has 0 saturated heterocycles. The van der Waals surface area contributed by atoms with Gasteiger partial charge in [0.2, 0.25) is 5.91 Å². The van der Waals surface area contributed by atoms with Gasteiger partial charge in [-0.05, 0) is 26.3 Å². The summed E-state index contributed by atoms with van der Waals surface area (Å²) in [6.07, 6.45) is 3.14. The van der Waals surface area contributed by atoms with Gasteiger partial charge in [0.25, 0.3) is 0 Å². The van der Waals surface area contributed by atoms with Crippen molar-refractivity contribution in [3.8, 4) is 0 Å². The number of amides is 1. The van der Waals surface area contributed by atoms with E-state index in [2.05, 4.69) is 32.3 Å². The number of carbonyl (C=O) groups is 1. The van der Waals surface area contributed by atoms with Crippen LogP contribution in [0.3, 0.4) is 0 Å². The van der Waals surface area contributed by atoms with E-state index in [0.717, 1.165) is 44.0 Å². The van der Waals surface area contributed by atoms with Crippen molar-refractivity contribution < 1.29 is 4.79 Å². The van der Waals surface area contributed by atoms with Gasteiger partial charge in [0.05, 0.1) is 12.6 Å². The average Bonchev–Trinajstić information content (AvgIpc) is 2.90. The zero-order chi connectivity index (χ0) is 13.0. The first-order valence-corrected chi connectivity index (χ1v) is 6.64. The Labute approximate surface area is 107 Å². The van der Waals surface area contributed by atoms with Crippen molar-refractivity contribution in [2.45, 2.75) is 45.7 Å². The normalized spacial score (nSPS) is 15.4. The van der Waals surface area contributed by atoms with Crippen LogP contribution in [0.5, 0.6) is 0 Å². The molecule has 1 aromatic heterocycles. The number of rotatable bonds is 6. The number of hydrogen-bond acceptors (Lipinski definition) is 4. The molecule has 18 heavy (non-hydrogen) atoms. The van der Waals surface area contributed by atoms with Crippen molar-refractivity contribution in [3.63, 3.8) is 0 Å². The molecule has 100 valence electrons. The first-order chi connectivity index (χ1) is 8.72. The fourth-order valence-corrected chi connectivity index (χ4v) is 2.23. The number of nitrogens with zero attached hydrogens (tertiary/aromatic N) is 3. The maximum absolute atomic E-state index is 11.7. The van der Waals surface area contributed by atoms with Crippen molar-refractivity contribution in [3.05, 3.63) is 11.6 Å².